The van der Waals surface area contributed by atoms with Crippen LogP contribution in [0.5, 0.6) is 5.75 Å². The second-order valence-electron chi connectivity index (χ2n) is 2.95. The van der Waals surface area contributed by atoms with E-state index in [9.17, 15) is 4.79 Å². The average Bonchev–Trinajstić information content (AvgIpc) is 2.52. The molecule has 0 radical (unpaired) electrons. The topological polar surface area (TPSA) is 31.2 Å². The lowest BCUT2D eigenvalue weighted by Gasteiger charge is -2.01. The van der Waals surface area contributed by atoms with Crippen LogP contribution in [0, 0.1) is 0 Å². The quantitative estimate of drug-likeness (QED) is 0.758. The maximum atomic E-state index is 11.5. The Morgan fingerprint density at radius 2 is 2.29 bits per heavy atom. The number of aryl methyl sites for hydroxylation is 1. The molecule has 0 spiro atoms. The zero-order valence-electron chi connectivity index (χ0n) is 8.11. The molecule has 0 saturated heterocycles. The van der Waals surface area contributed by atoms with Crippen molar-refractivity contribution in [3.63, 3.8) is 0 Å². The summed E-state index contributed by atoms with van der Waals surface area (Å²) in [5.41, 5.74) is 0.960. The van der Waals surface area contributed by atoms with Crippen molar-refractivity contribution in [1.82, 2.24) is 4.57 Å². The molecule has 0 aliphatic carbocycles. The minimum Gasteiger partial charge on any atom is -0.497 e. The molecule has 74 valence electrons. The molecular weight excluding hydrogens is 198 g/mol. The number of thiazole rings is 1. The lowest BCUT2D eigenvalue weighted by molar-refractivity contribution is 0.415. The Morgan fingerprint density at radius 1 is 1.50 bits per heavy atom. The van der Waals surface area contributed by atoms with Gasteiger partial charge in [0.25, 0.3) is 0 Å². The molecule has 0 fully saturated rings. The first-order chi connectivity index (χ1) is 6.76. The molecule has 0 unspecified atom stereocenters. The van der Waals surface area contributed by atoms with Gasteiger partial charge < -0.3 is 4.74 Å². The van der Waals surface area contributed by atoms with Gasteiger partial charge in [-0.15, -0.1) is 0 Å². The molecule has 0 aliphatic rings. The zero-order chi connectivity index (χ0) is 10.1. The van der Waals surface area contributed by atoms with Gasteiger partial charge in [0, 0.05) is 12.6 Å². The predicted molar refractivity (Wildman–Crippen MR) is 58.3 cm³/mol. The van der Waals surface area contributed by atoms with Gasteiger partial charge in [0.1, 0.15) is 5.75 Å². The van der Waals surface area contributed by atoms with Crippen molar-refractivity contribution in [3.05, 3.63) is 27.9 Å². The number of methoxy groups -OCH3 is 1. The molecular formula is C10H11NO2S. The summed E-state index contributed by atoms with van der Waals surface area (Å²) < 4.78 is 7.88. The van der Waals surface area contributed by atoms with Crippen LogP contribution in [0.4, 0.5) is 0 Å². The molecule has 3 nitrogen and oxygen atoms in total. The van der Waals surface area contributed by atoms with E-state index in [1.807, 2.05) is 25.1 Å². The summed E-state index contributed by atoms with van der Waals surface area (Å²) in [6.07, 6.45) is 0. The van der Waals surface area contributed by atoms with Crippen molar-refractivity contribution in [2.45, 2.75) is 13.5 Å². The SMILES string of the molecule is CCn1c(=O)sc2ccc(OC)cc21. The minimum absolute atomic E-state index is 0.0933. The highest BCUT2D eigenvalue weighted by Gasteiger charge is 2.06. The molecule has 2 aromatic rings. The lowest BCUT2D eigenvalue weighted by atomic mass is 10.3. The summed E-state index contributed by atoms with van der Waals surface area (Å²) >= 11 is 1.27. The van der Waals surface area contributed by atoms with E-state index in [1.165, 1.54) is 11.3 Å². The molecule has 0 aliphatic heterocycles. The molecule has 1 aromatic heterocycles. The standard InChI is InChI=1S/C10H11NO2S/c1-3-11-8-6-7(13-2)4-5-9(8)14-10(11)12/h4-6H,3H2,1-2H3. The molecule has 4 heteroatoms. The normalized spacial score (nSPS) is 10.7. The van der Waals surface area contributed by atoms with E-state index < -0.39 is 0 Å². The molecule has 0 saturated carbocycles. The Morgan fingerprint density at radius 3 is 2.93 bits per heavy atom. The van der Waals surface area contributed by atoms with Crippen LogP contribution >= 0.6 is 11.3 Å². The number of hydrogen-bond acceptors (Lipinski definition) is 3. The molecule has 1 aromatic carbocycles. The third-order valence-corrected chi connectivity index (χ3v) is 3.15. The highest BCUT2D eigenvalue weighted by Crippen LogP contribution is 2.22. The monoisotopic (exact) mass is 209 g/mol. The highest BCUT2D eigenvalue weighted by molar-refractivity contribution is 7.16. The first kappa shape index (κ1) is 9.27. The Bertz CT molecular complexity index is 512. The number of hydrogen-bond donors (Lipinski definition) is 0. The molecule has 0 amide bonds. The fourth-order valence-corrected chi connectivity index (χ4v) is 2.40. The maximum Gasteiger partial charge on any atom is 0.308 e. The Hall–Kier alpha value is -1.29. The number of nitrogens with zero attached hydrogens (tertiary/aromatic N) is 1. The van der Waals surface area contributed by atoms with Crippen molar-refractivity contribution in [2.24, 2.45) is 0 Å². The van der Waals surface area contributed by atoms with Crippen LogP contribution in [0.2, 0.25) is 0 Å². The van der Waals surface area contributed by atoms with Crippen LogP contribution in [0.1, 0.15) is 6.92 Å². The zero-order valence-corrected chi connectivity index (χ0v) is 8.93. The van der Waals surface area contributed by atoms with Crippen LogP contribution in [0.25, 0.3) is 10.2 Å². The van der Waals surface area contributed by atoms with Gasteiger partial charge in [0.2, 0.25) is 0 Å². The van der Waals surface area contributed by atoms with Crippen LogP contribution in [-0.4, -0.2) is 11.7 Å². The lowest BCUT2D eigenvalue weighted by Crippen LogP contribution is -2.10. The predicted octanol–water partition coefficient (Wildman–Crippen LogP) is 2.09. The van der Waals surface area contributed by atoms with Crippen LogP contribution in [0.3, 0.4) is 0 Å². The summed E-state index contributed by atoms with van der Waals surface area (Å²) in [4.78, 5) is 11.6. The third-order valence-electron chi connectivity index (χ3n) is 2.19. The summed E-state index contributed by atoms with van der Waals surface area (Å²) in [6, 6.07) is 5.70. The van der Waals surface area contributed by atoms with Crippen LogP contribution in [0.15, 0.2) is 23.0 Å². The first-order valence-corrected chi connectivity index (χ1v) is 5.25. The molecule has 2 rings (SSSR count). The number of benzene rings is 1. The molecule has 1 heterocycles. The van der Waals surface area contributed by atoms with Gasteiger partial charge in [-0.1, -0.05) is 11.3 Å². The first-order valence-electron chi connectivity index (χ1n) is 4.43. The third kappa shape index (κ3) is 1.32. The van der Waals surface area contributed by atoms with Gasteiger partial charge in [-0.2, -0.15) is 0 Å². The summed E-state index contributed by atoms with van der Waals surface area (Å²) in [6.45, 7) is 2.67. The summed E-state index contributed by atoms with van der Waals surface area (Å²) in [5.74, 6) is 0.789. The fourth-order valence-electron chi connectivity index (χ4n) is 1.47. The second-order valence-corrected chi connectivity index (χ2v) is 3.94. The van der Waals surface area contributed by atoms with Crippen molar-refractivity contribution in [3.8, 4) is 5.75 Å². The largest absolute Gasteiger partial charge is 0.497 e. The minimum atomic E-state index is 0.0933. The second kappa shape index (κ2) is 3.46. The molecule has 0 bridgehead atoms. The smallest absolute Gasteiger partial charge is 0.308 e. The Balaban J connectivity index is 2.77. The average molecular weight is 209 g/mol. The van der Waals surface area contributed by atoms with Gasteiger partial charge >= 0.3 is 4.87 Å². The van der Waals surface area contributed by atoms with Crippen molar-refractivity contribution < 1.29 is 4.74 Å². The van der Waals surface area contributed by atoms with Crippen molar-refractivity contribution >= 4 is 21.6 Å². The summed E-state index contributed by atoms with van der Waals surface area (Å²) in [5, 5.41) is 0. The van der Waals surface area contributed by atoms with Gasteiger partial charge in [-0.05, 0) is 19.1 Å². The van der Waals surface area contributed by atoms with Gasteiger partial charge in [-0.3, -0.25) is 9.36 Å². The number of rotatable bonds is 2. The van der Waals surface area contributed by atoms with E-state index in [4.69, 9.17) is 4.74 Å². The van der Waals surface area contributed by atoms with Gasteiger partial charge in [0.15, 0.2) is 0 Å². The molecule has 0 N–H and O–H groups in total. The van der Waals surface area contributed by atoms with E-state index >= 15 is 0 Å². The van der Waals surface area contributed by atoms with Crippen molar-refractivity contribution in [2.75, 3.05) is 7.11 Å². The Kier molecular flexibility index (Phi) is 2.29. The van der Waals surface area contributed by atoms with E-state index in [2.05, 4.69) is 0 Å². The van der Waals surface area contributed by atoms with Crippen LogP contribution < -0.4 is 9.61 Å². The highest BCUT2D eigenvalue weighted by atomic mass is 32.1. The van der Waals surface area contributed by atoms with E-state index in [0.29, 0.717) is 6.54 Å². The van der Waals surface area contributed by atoms with Gasteiger partial charge in [-0.25, -0.2) is 0 Å². The number of ether oxygens (including phenoxy) is 1. The van der Waals surface area contributed by atoms with E-state index in [0.717, 1.165) is 16.0 Å². The number of fused-ring (bicyclic) bond motifs is 1. The summed E-state index contributed by atoms with van der Waals surface area (Å²) in [7, 11) is 1.63. The fraction of sp³-hybridized carbons (Fsp3) is 0.300. The van der Waals surface area contributed by atoms with E-state index in [1.54, 1.807) is 11.7 Å². The van der Waals surface area contributed by atoms with Gasteiger partial charge in [0.05, 0.1) is 17.3 Å². The number of aromatic nitrogens is 1. The maximum absolute atomic E-state index is 11.5. The van der Waals surface area contributed by atoms with Crippen LogP contribution in [-0.2, 0) is 6.54 Å². The van der Waals surface area contributed by atoms with Crippen molar-refractivity contribution in [1.29, 1.82) is 0 Å². The molecule has 0 atom stereocenters. The Labute approximate surface area is 85.6 Å². The van der Waals surface area contributed by atoms with E-state index in [-0.39, 0.29) is 4.87 Å². The molecule has 14 heavy (non-hydrogen) atoms.